The van der Waals surface area contributed by atoms with Crippen LogP contribution in [0.2, 0.25) is 0 Å². The van der Waals surface area contributed by atoms with Crippen LogP contribution in [0.5, 0.6) is 0 Å². The lowest BCUT2D eigenvalue weighted by Crippen LogP contribution is -2.36. The third kappa shape index (κ3) is 2.31. The first kappa shape index (κ1) is 14.6. The number of alkyl halides is 2. The second-order valence-electron chi connectivity index (χ2n) is 3.95. The lowest BCUT2D eigenvalue weighted by Gasteiger charge is -2.13. The summed E-state index contributed by atoms with van der Waals surface area (Å²) in [5, 5.41) is -4.50. The Kier molecular flexibility index (Phi) is 3.85. The lowest BCUT2D eigenvalue weighted by molar-refractivity contribution is -0.159. The van der Waals surface area contributed by atoms with Crippen LogP contribution in [-0.4, -0.2) is 31.6 Å². The molecule has 8 heteroatoms. The van der Waals surface area contributed by atoms with Crippen LogP contribution in [0.15, 0.2) is 29.4 Å². The van der Waals surface area contributed by atoms with Gasteiger partial charge in [0, 0.05) is 7.05 Å². The molecule has 1 atom stereocenters. The van der Waals surface area contributed by atoms with E-state index >= 15 is 0 Å². The largest absolute Gasteiger partial charge is 0.461 e. The summed E-state index contributed by atoms with van der Waals surface area (Å²) in [5.41, 5.74) is 0.980. The number of aromatic nitrogens is 2. The van der Waals surface area contributed by atoms with Crippen LogP contribution >= 0.6 is 0 Å². The predicted octanol–water partition coefficient (Wildman–Crippen LogP) is 1.84. The van der Waals surface area contributed by atoms with Gasteiger partial charge in [0.15, 0.2) is 10.8 Å². The summed E-state index contributed by atoms with van der Waals surface area (Å²) in [4.78, 5) is 15.1. The number of para-hydroxylation sites is 2. The predicted molar refractivity (Wildman–Crippen MR) is 68.7 cm³/mol. The molecule has 0 radical (unpaired) electrons. The zero-order chi connectivity index (χ0) is 14.9. The number of hydrogen-bond acceptors (Lipinski definition) is 4. The first-order chi connectivity index (χ1) is 9.39. The Balaban J connectivity index is 2.46. The molecule has 2 aromatic rings. The maximum Gasteiger partial charge on any atom is 0.422 e. The van der Waals surface area contributed by atoms with Crippen LogP contribution < -0.4 is 0 Å². The van der Waals surface area contributed by atoms with Crippen LogP contribution in [0.3, 0.4) is 0 Å². The fraction of sp³-hybridized carbons (Fsp3) is 0.333. The van der Waals surface area contributed by atoms with Gasteiger partial charge < -0.3 is 9.30 Å². The monoisotopic (exact) mass is 302 g/mol. The summed E-state index contributed by atoms with van der Waals surface area (Å²) in [7, 11) is -1.46. The van der Waals surface area contributed by atoms with Crippen molar-refractivity contribution in [3.8, 4) is 0 Å². The van der Waals surface area contributed by atoms with Gasteiger partial charge in [0.1, 0.15) is 0 Å². The van der Waals surface area contributed by atoms with Gasteiger partial charge in [-0.25, -0.2) is 14.0 Å². The highest BCUT2D eigenvalue weighted by Gasteiger charge is 2.50. The van der Waals surface area contributed by atoms with Crippen molar-refractivity contribution in [2.45, 2.75) is 17.3 Å². The van der Waals surface area contributed by atoms with E-state index in [2.05, 4.69) is 9.72 Å². The smallest absolute Gasteiger partial charge is 0.422 e. The average Bonchev–Trinajstić information content (AvgIpc) is 2.76. The Bertz CT molecular complexity index is 684. The molecule has 1 heterocycles. The highest BCUT2D eigenvalue weighted by molar-refractivity contribution is 7.86. The molecular formula is C12H12F2N2O3S. The van der Waals surface area contributed by atoms with Crippen molar-refractivity contribution in [3.05, 3.63) is 24.3 Å². The van der Waals surface area contributed by atoms with Gasteiger partial charge >= 0.3 is 11.2 Å². The Labute approximate surface area is 116 Å². The standard InChI is InChI=1S/C12H12F2N2O3S/c1-3-19-10(17)12(13,14)20(18)11-15-8-6-4-5-7-9(8)16(11)2/h4-7H,3H2,1-2H3. The number of benzene rings is 1. The van der Waals surface area contributed by atoms with E-state index < -0.39 is 22.0 Å². The van der Waals surface area contributed by atoms with Crippen molar-refractivity contribution in [2.75, 3.05) is 6.61 Å². The van der Waals surface area contributed by atoms with Crippen LogP contribution in [0.4, 0.5) is 8.78 Å². The van der Waals surface area contributed by atoms with Crippen LogP contribution in [0.25, 0.3) is 11.0 Å². The van der Waals surface area contributed by atoms with Crippen molar-refractivity contribution >= 4 is 27.8 Å². The number of halogens is 2. The lowest BCUT2D eigenvalue weighted by atomic mass is 10.3. The quantitative estimate of drug-likeness (QED) is 0.809. The normalized spacial score (nSPS) is 13.4. The molecule has 0 aliphatic carbocycles. The van der Waals surface area contributed by atoms with Gasteiger partial charge in [0.2, 0.25) is 5.16 Å². The maximum absolute atomic E-state index is 13.8. The summed E-state index contributed by atoms with van der Waals surface area (Å²) in [6.45, 7) is 1.18. The molecular weight excluding hydrogens is 290 g/mol. The van der Waals surface area contributed by atoms with Gasteiger partial charge in [-0.05, 0) is 19.1 Å². The number of esters is 1. The Morgan fingerprint density at radius 1 is 1.45 bits per heavy atom. The number of carbonyl (C=O) groups excluding carboxylic acids is 1. The summed E-state index contributed by atoms with van der Waals surface area (Å²) in [5.74, 6) is -1.81. The molecule has 2 rings (SSSR count). The van der Waals surface area contributed by atoms with E-state index in [9.17, 15) is 17.8 Å². The van der Waals surface area contributed by atoms with E-state index in [-0.39, 0.29) is 11.8 Å². The molecule has 0 aliphatic heterocycles. The molecule has 1 unspecified atom stereocenters. The third-order valence-corrected chi connectivity index (χ3v) is 3.99. The van der Waals surface area contributed by atoms with Crippen molar-refractivity contribution in [1.82, 2.24) is 9.55 Å². The molecule has 0 aliphatic rings. The van der Waals surface area contributed by atoms with E-state index in [0.29, 0.717) is 11.0 Å². The number of imidazole rings is 1. The summed E-state index contributed by atoms with van der Waals surface area (Å²) >= 11 is 0. The molecule has 5 nitrogen and oxygen atoms in total. The van der Waals surface area contributed by atoms with Crippen LogP contribution in [-0.2, 0) is 27.4 Å². The average molecular weight is 302 g/mol. The molecule has 0 fully saturated rings. The first-order valence-electron chi connectivity index (χ1n) is 5.78. The first-order valence-corrected chi connectivity index (χ1v) is 6.93. The zero-order valence-corrected chi connectivity index (χ0v) is 11.6. The summed E-state index contributed by atoms with van der Waals surface area (Å²) in [6, 6.07) is 6.66. The molecule has 108 valence electrons. The summed E-state index contributed by atoms with van der Waals surface area (Å²) in [6.07, 6.45) is 0. The minimum atomic E-state index is -4.13. The second kappa shape index (κ2) is 5.28. The number of carbonyl (C=O) groups is 1. The molecule has 0 N–H and O–H groups in total. The minimum Gasteiger partial charge on any atom is -0.461 e. The molecule has 0 saturated carbocycles. The summed E-state index contributed by atoms with van der Waals surface area (Å²) < 4.78 is 45.0. The fourth-order valence-electron chi connectivity index (χ4n) is 1.69. The Morgan fingerprint density at radius 3 is 2.70 bits per heavy atom. The van der Waals surface area contributed by atoms with E-state index in [4.69, 9.17) is 0 Å². The molecule has 0 saturated heterocycles. The van der Waals surface area contributed by atoms with E-state index in [1.54, 1.807) is 24.3 Å². The molecule has 20 heavy (non-hydrogen) atoms. The van der Waals surface area contributed by atoms with Gasteiger partial charge in [-0.3, -0.25) is 0 Å². The molecule has 1 aromatic heterocycles. The van der Waals surface area contributed by atoms with Crippen LogP contribution in [0, 0.1) is 0 Å². The Hall–Kier alpha value is -1.83. The van der Waals surface area contributed by atoms with Crippen LogP contribution in [0.1, 0.15) is 6.92 Å². The topological polar surface area (TPSA) is 61.2 Å². The molecule has 0 amide bonds. The number of ether oxygens (including phenoxy) is 1. The van der Waals surface area contributed by atoms with Gasteiger partial charge in [0.05, 0.1) is 17.6 Å². The van der Waals surface area contributed by atoms with E-state index in [0.717, 1.165) is 0 Å². The minimum absolute atomic E-state index is 0.214. The number of hydrogen-bond donors (Lipinski definition) is 0. The van der Waals surface area contributed by atoms with Gasteiger partial charge in [-0.1, -0.05) is 12.1 Å². The SMILES string of the molecule is CCOC(=O)C(F)(F)S(=O)c1nc2ccccc2n1C. The highest BCUT2D eigenvalue weighted by Crippen LogP contribution is 2.28. The van der Waals surface area contributed by atoms with Crippen molar-refractivity contribution in [3.63, 3.8) is 0 Å². The number of rotatable bonds is 4. The van der Waals surface area contributed by atoms with Gasteiger partial charge in [0.25, 0.3) is 0 Å². The number of fused-ring (bicyclic) bond motifs is 1. The van der Waals surface area contributed by atoms with E-state index in [1.165, 1.54) is 18.5 Å². The highest BCUT2D eigenvalue weighted by atomic mass is 32.2. The zero-order valence-electron chi connectivity index (χ0n) is 10.8. The number of aryl methyl sites for hydroxylation is 1. The van der Waals surface area contributed by atoms with Crippen molar-refractivity contribution in [1.29, 1.82) is 0 Å². The Morgan fingerprint density at radius 2 is 2.10 bits per heavy atom. The third-order valence-electron chi connectivity index (χ3n) is 2.66. The van der Waals surface area contributed by atoms with Crippen molar-refractivity contribution in [2.24, 2.45) is 7.05 Å². The van der Waals surface area contributed by atoms with Gasteiger partial charge in [-0.15, -0.1) is 0 Å². The molecule has 0 spiro atoms. The van der Waals surface area contributed by atoms with Crippen molar-refractivity contribution < 1.29 is 22.5 Å². The van der Waals surface area contributed by atoms with Gasteiger partial charge in [-0.2, -0.15) is 8.78 Å². The maximum atomic E-state index is 13.8. The molecule has 0 bridgehead atoms. The molecule has 1 aromatic carbocycles. The second-order valence-corrected chi connectivity index (χ2v) is 5.36. The fourth-order valence-corrected chi connectivity index (χ4v) is 2.66. The van der Waals surface area contributed by atoms with E-state index in [1.807, 2.05) is 0 Å². The number of nitrogens with zero attached hydrogens (tertiary/aromatic N) is 2.